The van der Waals surface area contributed by atoms with E-state index in [1.165, 1.54) is 20.5 Å². The number of para-hydroxylation sites is 2. The zero-order valence-electron chi connectivity index (χ0n) is 16.7. The molecule has 31 heavy (non-hydrogen) atoms. The first-order valence-corrected chi connectivity index (χ1v) is 11.3. The Morgan fingerprint density at radius 3 is 1.16 bits per heavy atom. The van der Waals surface area contributed by atoms with E-state index >= 15 is 0 Å². The molecule has 0 aliphatic heterocycles. The van der Waals surface area contributed by atoms with Crippen LogP contribution in [0.25, 0.3) is 41.6 Å². The fourth-order valence-corrected chi connectivity index (χ4v) is 5.10. The van der Waals surface area contributed by atoms with E-state index in [2.05, 4.69) is 70.6 Å². The Morgan fingerprint density at radius 2 is 0.774 bits per heavy atom. The first-order valence-electron chi connectivity index (χ1n) is 9.69. The summed E-state index contributed by atoms with van der Waals surface area (Å²) in [5, 5.41) is 2.19. The van der Waals surface area contributed by atoms with Crippen molar-refractivity contribution in [2.45, 2.75) is 0 Å². The summed E-state index contributed by atoms with van der Waals surface area (Å²) in [6, 6.07) is 37.1. The molecule has 0 fully saturated rings. The zero-order valence-corrected chi connectivity index (χ0v) is 21.6. The Labute approximate surface area is 208 Å². The van der Waals surface area contributed by atoms with Crippen LogP contribution in [0.2, 0.25) is 0 Å². The second-order valence-electron chi connectivity index (χ2n) is 6.71. The molecule has 0 aliphatic carbocycles. The SMILES string of the molecule is [In].c1ccc(-c2nc3ccccc3s2)cc1.c1ccc(-c2nc3ccccc3s2)cc1. The maximum atomic E-state index is 4.60. The van der Waals surface area contributed by atoms with Crippen molar-refractivity contribution in [2.75, 3.05) is 0 Å². The van der Waals surface area contributed by atoms with Gasteiger partial charge in [-0.3, -0.25) is 0 Å². The molecule has 6 aromatic rings. The van der Waals surface area contributed by atoms with Crippen molar-refractivity contribution in [1.82, 2.24) is 9.97 Å². The van der Waals surface area contributed by atoms with E-state index in [0.29, 0.717) is 0 Å². The third kappa shape index (κ3) is 5.06. The van der Waals surface area contributed by atoms with Gasteiger partial charge >= 0.3 is 0 Å². The van der Waals surface area contributed by atoms with Crippen molar-refractivity contribution in [3.63, 3.8) is 0 Å². The number of nitrogens with zero attached hydrogens (tertiary/aromatic N) is 2. The third-order valence-electron chi connectivity index (χ3n) is 4.63. The van der Waals surface area contributed by atoms with Gasteiger partial charge in [0, 0.05) is 37.0 Å². The van der Waals surface area contributed by atoms with Crippen LogP contribution in [-0.2, 0) is 0 Å². The summed E-state index contributed by atoms with van der Waals surface area (Å²) in [5.74, 6) is 0. The van der Waals surface area contributed by atoms with Gasteiger partial charge in [0.15, 0.2) is 0 Å². The summed E-state index contributed by atoms with van der Waals surface area (Å²) in [6.07, 6.45) is 0. The molecule has 5 heteroatoms. The van der Waals surface area contributed by atoms with E-state index in [1.54, 1.807) is 22.7 Å². The van der Waals surface area contributed by atoms with Gasteiger partial charge in [0.1, 0.15) is 10.0 Å². The van der Waals surface area contributed by atoms with Crippen LogP contribution < -0.4 is 0 Å². The summed E-state index contributed by atoms with van der Waals surface area (Å²) >= 11 is 3.48. The topological polar surface area (TPSA) is 25.8 Å². The molecular weight excluding hydrogens is 519 g/mol. The Balaban J connectivity index is 0.000000144. The second-order valence-corrected chi connectivity index (χ2v) is 8.77. The Morgan fingerprint density at radius 1 is 0.419 bits per heavy atom. The number of hydrogen-bond donors (Lipinski definition) is 0. The summed E-state index contributed by atoms with van der Waals surface area (Å²) < 4.78 is 2.49. The van der Waals surface area contributed by atoms with Crippen molar-refractivity contribution in [3.05, 3.63) is 109 Å². The second kappa shape index (κ2) is 10.2. The Kier molecular flexibility index (Phi) is 7.17. The van der Waals surface area contributed by atoms with Crippen molar-refractivity contribution in [2.24, 2.45) is 0 Å². The van der Waals surface area contributed by atoms with Gasteiger partial charge in [-0.1, -0.05) is 84.9 Å². The van der Waals surface area contributed by atoms with Gasteiger partial charge in [0.2, 0.25) is 0 Å². The van der Waals surface area contributed by atoms with E-state index < -0.39 is 0 Å². The molecule has 147 valence electrons. The summed E-state index contributed by atoms with van der Waals surface area (Å²) in [5.41, 5.74) is 4.56. The van der Waals surface area contributed by atoms with Gasteiger partial charge < -0.3 is 0 Å². The summed E-state index contributed by atoms with van der Waals surface area (Å²) in [7, 11) is 0. The number of rotatable bonds is 2. The number of benzene rings is 4. The predicted molar refractivity (Wildman–Crippen MR) is 136 cm³/mol. The van der Waals surface area contributed by atoms with Gasteiger partial charge in [-0.05, 0) is 24.3 Å². The van der Waals surface area contributed by atoms with Crippen LogP contribution in [-0.4, -0.2) is 35.8 Å². The zero-order chi connectivity index (χ0) is 20.2. The molecule has 2 heterocycles. The van der Waals surface area contributed by atoms with Crippen LogP contribution in [0.5, 0.6) is 0 Å². The van der Waals surface area contributed by atoms with Crippen LogP contribution in [0.15, 0.2) is 109 Å². The minimum absolute atomic E-state index is 0. The molecule has 2 nitrogen and oxygen atoms in total. The van der Waals surface area contributed by atoms with Crippen LogP contribution in [0, 0.1) is 0 Å². The van der Waals surface area contributed by atoms with E-state index in [1.807, 2.05) is 48.5 Å². The van der Waals surface area contributed by atoms with Crippen LogP contribution in [0.3, 0.4) is 0 Å². The molecule has 0 unspecified atom stereocenters. The molecule has 0 aliphatic rings. The smallest absolute Gasteiger partial charge is 0.124 e. The molecule has 3 radical (unpaired) electrons. The molecule has 0 amide bonds. The fourth-order valence-electron chi connectivity index (χ4n) is 3.15. The maximum absolute atomic E-state index is 4.60. The minimum atomic E-state index is 0. The molecule has 0 bridgehead atoms. The van der Waals surface area contributed by atoms with Gasteiger partial charge in [0.25, 0.3) is 0 Å². The van der Waals surface area contributed by atoms with Crippen molar-refractivity contribution in [1.29, 1.82) is 0 Å². The van der Waals surface area contributed by atoms with Crippen molar-refractivity contribution < 1.29 is 0 Å². The first kappa shape index (κ1) is 21.8. The normalized spacial score (nSPS) is 10.3. The average Bonchev–Trinajstić information content (AvgIpc) is 3.45. The van der Waals surface area contributed by atoms with Gasteiger partial charge in [-0.15, -0.1) is 22.7 Å². The minimum Gasteiger partial charge on any atom is -0.236 e. The largest absolute Gasteiger partial charge is 0.236 e. The molecule has 0 N–H and O–H groups in total. The molecule has 0 spiro atoms. The van der Waals surface area contributed by atoms with E-state index in [4.69, 9.17) is 0 Å². The molecule has 2 aromatic heterocycles. The molecule has 4 aromatic carbocycles. The van der Waals surface area contributed by atoms with Crippen molar-refractivity contribution >= 4 is 69.0 Å². The number of hydrogen-bond acceptors (Lipinski definition) is 4. The number of fused-ring (bicyclic) bond motifs is 2. The van der Waals surface area contributed by atoms with E-state index in [-0.39, 0.29) is 25.8 Å². The van der Waals surface area contributed by atoms with Gasteiger partial charge in [-0.2, -0.15) is 0 Å². The molecule has 0 saturated heterocycles. The monoisotopic (exact) mass is 537 g/mol. The summed E-state index contributed by atoms with van der Waals surface area (Å²) in [6.45, 7) is 0. The maximum Gasteiger partial charge on any atom is 0.124 e. The molecular formula is C26H18InN2S2. The van der Waals surface area contributed by atoms with Crippen LogP contribution in [0.1, 0.15) is 0 Å². The average molecular weight is 537 g/mol. The van der Waals surface area contributed by atoms with E-state index in [9.17, 15) is 0 Å². The van der Waals surface area contributed by atoms with Crippen LogP contribution in [0.4, 0.5) is 0 Å². The summed E-state index contributed by atoms with van der Waals surface area (Å²) in [4.78, 5) is 9.20. The first-order chi connectivity index (χ1) is 14.9. The molecule has 0 atom stereocenters. The third-order valence-corrected chi connectivity index (χ3v) is 6.80. The Hall–Kier alpha value is -2.47. The number of aromatic nitrogens is 2. The predicted octanol–water partition coefficient (Wildman–Crippen LogP) is 7.55. The van der Waals surface area contributed by atoms with Gasteiger partial charge in [0.05, 0.1) is 20.4 Å². The quantitative estimate of drug-likeness (QED) is 0.228. The van der Waals surface area contributed by atoms with E-state index in [0.717, 1.165) is 21.0 Å². The van der Waals surface area contributed by atoms with Crippen LogP contribution >= 0.6 is 22.7 Å². The molecule has 0 saturated carbocycles. The number of thiazole rings is 2. The standard InChI is InChI=1S/2C13H9NS.In/c2*1-2-6-10(7-3-1)13-14-11-8-4-5-9-12(11)15-13;/h2*1-9H;. The fraction of sp³-hybridized carbons (Fsp3) is 0. The molecule has 6 rings (SSSR count). The van der Waals surface area contributed by atoms with Crippen molar-refractivity contribution in [3.8, 4) is 21.1 Å². The van der Waals surface area contributed by atoms with Gasteiger partial charge in [-0.25, -0.2) is 9.97 Å². The Bertz CT molecular complexity index is 1220.